The van der Waals surface area contributed by atoms with Gasteiger partial charge < -0.3 is 9.73 Å². The van der Waals surface area contributed by atoms with Crippen molar-refractivity contribution in [3.05, 3.63) is 92.9 Å². The molecule has 0 radical (unpaired) electrons. The van der Waals surface area contributed by atoms with Crippen LogP contribution in [0.1, 0.15) is 21.8 Å². The highest BCUT2D eigenvalue weighted by Crippen LogP contribution is 2.33. The van der Waals surface area contributed by atoms with Crippen LogP contribution in [0.4, 0.5) is 0 Å². The van der Waals surface area contributed by atoms with E-state index in [1.807, 2.05) is 19.1 Å². The monoisotopic (exact) mass is 459 g/mol. The summed E-state index contributed by atoms with van der Waals surface area (Å²) in [7, 11) is 0. The fraction of sp³-hybridized carbons (Fsp3) is 0.0909. The number of benzene rings is 2. The molecule has 152 valence electrons. The summed E-state index contributed by atoms with van der Waals surface area (Å²) in [5.74, 6) is 0.335. The van der Waals surface area contributed by atoms with Crippen molar-refractivity contribution >= 4 is 40.7 Å². The van der Waals surface area contributed by atoms with E-state index in [9.17, 15) is 4.79 Å². The summed E-state index contributed by atoms with van der Waals surface area (Å²) in [6.45, 7) is 2.11. The molecular formula is C22H16Cl3N3O2. The largest absolute Gasteiger partial charge is 0.467 e. The van der Waals surface area contributed by atoms with E-state index in [0.29, 0.717) is 32.1 Å². The van der Waals surface area contributed by atoms with Crippen molar-refractivity contribution in [2.24, 2.45) is 0 Å². The average Bonchev–Trinajstić information content (AvgIpc) is 3.35. The lowest BCUT2D eigenvalue weighted by Gasteiger charge is -2.11. The molecule has 0 spiro atoms. The van der Waals surface area contributed by atoms with E-state index in [1.165, 1.54) is 0 Å². The molecule has 0 aliphatic carbocycles. The number of carbonyl (C=O) groups excluding carboxylic acids is 1. The Kier molecular flexibility index (Phi) is 5.86. The first kappa shape index (κ1) is 20.5. The van der Waals surface area contributed by atoms with Crippen LogP contribution in [0.2, 0.25) is 15.1 Å². The van der Waals surface area contributed by atoms with Crippen molar-refractivity contribution < 1.29 is 9.21 Å². The first-order valence-electron chi connectivity index (χ1n) is 9.05. The van der Waals surface area contributed by atoms with Gasteiger partial charge in [-0.25, -0.2) is 4.68 Å². The summed E-state index contributed by atoms with van der Waals surface area (Å²) in [4.78, 5) is 12.9. The van der Waals surface area contributed by atoms with Gasteiger partial charge in [0.05, 0.1) is 29.2 Å². The number of nitrogens with zero attached hydrogens (tertiary/aromatic N) is 2. The van der Waals surface area contributed by atoms with Crippen LogP contribution < -0.4 is 5.32 Å². The fourth-order valence-corrected chi connectivity index (χ4v) is 3.76. The van der Waals surface area contributed by atoms with Gasteiger partial charge >= 0.3 is 0 Å². The molecule has 1 N–H and O–H groups in total. The van der Waals surface area contributed by atoms with Crippen LogP contribution >= 0.6 is 34.8 Å². The lowest BCUT2D eigenvalue weighted by molar-refractivity contribution is 0.0942. The van der Waals surface area contributed by atoms with E-state index in [-0.39, 0.29) is 18.1 Å². The number of hydrogen-bond donors (Lipinski definition) is 1. The van der Waals surface area contributed by atoms with E-state index in [1.54, 1.807) is 53.4 Å². The van der Waals surface area contributed by atoms with Crippen molar-refractivity contribution in [1.29, 1.82) is 0 Å². The molecule has 0 saturated heterocycles. The van der Waals surface area contributed by atoms with Crippen molar-refractivity contribution in [3.8, 4) is 16.9 Å². The molecule has 4 rings (SSSR count). The van der Waals surface area contributed by atoms with Crippen LogP contribution in [0.5, 0.6) is 0 Å². The predicted molar refractivity (Wildman–Crippen MR) is 119 cm³/mol. The van der Waals surface area contributed by atoms with Gasteiger partial charge in [0, 0.05) is 21.2 Å². The summed E-state index contributed by atoms with van der Waals surface area (Å²) in [6, 6.07) is 16.0. The van der Waals surface area contributed by atoms with Gasteiger partial charge in [-0.3, -0.25) is 4.79 Å². The molecule has 0 saturated carbocycles. The standard InChI is InChI=1S/C22H16Cl3N3O2/c1-13-20(22(29)26-12-17-3-2-10-30-17)27-28(19-9-8-16(24)11-18(19)25)21(13)14-4-6-15(23)7-5-14/h2-11H,12H2,1H3,(H,26,29). The van der Waals surface area contributed by atoms with E-state index >= 15 is 0 Å². The van der Waals surface area contributed by atoms with Gasteiger partial charge in [0.1, 0.15) is 5.76 Å². The molecule has 0 aliphatic heterocycles. The van der Waals surface area contributed by atoms with Crippen molar-refractivity contribution in [2.45, 2.75) is 13.5 Å². The van der Waals surface area contributed by atoms with Crippen molar-refractivity contribution in [1.82, 2.24) is 15.1 Å². The average molecular weight is 461 g/mol. The predicted octanol–water partition coefficient (Wildman–Crippen LogP) is 6.33. The van der Waals surface area contributed by atoms with Crippen molar-refractivity contribution in [3.63, 3.8) is 0 Å². The van der Waals surface area contributed by atoms with Crippen LogP contribution in [0.25, 0.3) is 16.9 Å². The Morgan fingerprint density at radius 1 is 1.07 bits per heavy atom. The molecule has 8 heteroatoms. The Hall–Kier alpha value is -2.73. The van der Waals surface area contributed by atoms with E-state index in [2.05, 4.69) is 10.4 Å². The van der Waals surface area contributed by atoms with E-state index in [0.717, 1.165) is 11.3 Å². The molecule has 30 heavy (non-hydrogen) atoms. The Labute approximate surface area is 188 Å². The Balaban J connectivity index is 1.80. The first-order chi connectivity index (χ1) is 14.4. The summed E-state index contributed by atoms with van der Waals surface area (Å²) >= 11 is 18.5. The SMILES string of the molecule is Cc1c(C(=O)NCc2ccco2)nn(-c2ccc(Cl)cc2Cl)c1-c1ccc(Cl)cc1. The maximum absolute atomic E-state index is 12.9. The summed E-state index contributed by atoms with van der Waals surface area (Å²) in [6.07, 6.45) is 1.56. The number of furan rings is 1. The van der Waals surface area contributed by atoms with Gasteiger partial charge in [-0.15, -0.1) is 0 Å². The molecule has 2 aromatic heterocycles. The van der Waals surface area contributed by atoms with E-state index < -0.39 is 0 Å². The van der Waals surface area contributed by atoms with Gasteiger partial charge in [0.25, 0.3) is 5.91 Å². The molecule has 4 aromatic rings. The minimum Gasteiger partial charge on any atom is -0.467 e. The molecule has 0 unspecified atom stereocenters. The van der Waals surface area contributed by atoms with Gasteiger partial charge in [0.15, 0.2) is 5.69 Å². The number of carbonyl (C=O) groups is 1. The molecule has 0 fully saturated rings. The maximum Gasteiger partial charge on any atom is 0.272 e. The third-order valence-corrected chi connectivity index (χ3v) is 5.39. The summed E-state index contributed by atoms with van der Waals surface area (Å²) in [5.41, 5.74) is 3.19. The van der Waals surface area contributed by atoms with Crippen LogP contribution in [0.3, 0.4) is 0 Å². The minimum absolute atomic E-state index is 0.260. The zero-order valence-corrected chi connectivity index (χ0v) is 18.1. The lowest BCUT2D eigenvalue weighted by atomic mass is 10.1. The zero-order chi connectivity index (χ0) is 21.3. The minimum atomic E-state index is -0.317. The molecule has 0 atom stereocenters. The van der Waals surface area contributed by atoms with Gasteiger partial charge in [0.2, 0.25) is 0 Å². The second kappa shape index (κ2) is 8.56. The van der Waals surface area contributed by atoms with Crippen LogP contribution in [-0.4, -0.2) is 15.7 Å². The number of rotatable bonds is 5. The normalized spacial score (nSPS) is 10.9. The van der Waals surface area contributed by atoms with Crippen LogP contribution in [0.15, 0.2) is 65.3 Å². The smallest absolute Gasteiger partial charge is 0.272 e. The number of nitrogens with one attached hydrogen (secondary N) is 1. The molecule has 1 amide bonds. The zero-order valence-electron chi connectivity index (χ0n) is 15.8. The van der Waals surface area contributed by atoms with Crippen LogP contribution in [0, 0.1) is 6.92 Å². The lowest BCUT2D eigenvalue weighted by Crippen LogP contribution is -2.23. The number of amides is 1. The Morgan fingerprint density at radius 3 is 2.47 bits per heavy atom. The highest BCUT2D eigenvalue weighted by molar-refractivity contribution is 6.35. The highest BCUT2D eigenvalue weighted by atomic mass is 35.5. The highest BCUT2D eigenvalue weighted by Gasteiger charge is 2.23. The number of halogens is 3. The topological polar surface area (TPSA) is 60.1 Å². The van der Waals surface area contributed by atoms with E-state index in [4.69, 9.17) is 39.2 Å². The second-order valence-corrected chi connectivity index (χ2v) is 7.88. The molecule has 0 bridgehead atoms. The number of hydrogen-bond acceptors (Lipinski definition) is 3. The Bertz CT molecular complexity index is 1200. The number of aromatic nitrogens is 2. The van der Waals surface area contributed by atoms with Gasteiger partial charge in [-0.2, -0.15) is 5.10 Å². The third-order valence-electron chi connectivity index (χ3n) is 4.60. The maximum atomic E-state index is 12.9. The first-order valence-corrected chi connectivity index (χ1v) is 10.2. The van der Waals surface area contributed by atoms with Gasteiger partial charge in [-0.05, 0) is 49.4 Å². The molecular weight excluding hydrogens is 445 g/mol. The Morgan fingerprint density at radius 2 is 1.80 bits per heavy atom. The summed E-state index contributed by atoms with van der Waals surface area (Å²) in [5, 5.41) is 8.96. The molecule has 2 heterocycles. The summed E-state index contributed by atoms with van der Waals surface area (Å²) < 4.78 is 6.92. The second-order valence-electron chi connectivity index (χ2n) is 6.60. The van der Waals surface area contributed by atoms with Gasteiger partial charge in [-0.1, -0.05) is 46.9 Å². The third kappa shape index (κ3) is 4.10. The fourth-order valence-electron chi connectivity index (χ4n) is 3.15. The molecule has 0 aliphatic rings. The quantitative estimate of drug-likeness (QED) is 0.378. The molecule has 5 nitrogen and oxygen atoms in total. The van der Waals surface area contributed by atoms with Crippen LogP contribution in [-0.2, 0) is 6.54 Å². The molecule has 2 aromatic carbocycles. The van der Waals surface area contributed by atoms with Crippen molar-refractivity contribution in [2.75, 3.05) is 0 Å².